The van der Waals surface area contributed by atoms with E-state index in [2.05, 4.69) is 103 Å². The van der Waals surface area contributed by atoms with Crippen molar-refractivity contribution >= 4 is 56.9 Å². The fraction of sp³-hybridized carbons (Fsp3) is 0.324. The second-order valence-electron chi connectivity index (χ2n) is 22.6. The quantitative estimate of drug-likeness (QED) is 0.0398. The van der Waals surface area contributed by atoms with Crippen LogP contribution in [0.2, 0.25) is 19.1 Å². The predicted octanol–water partition coefficient (Wildman–Crippen LogP) is 19.7. The molecule has 2 heterocycles. The van der Waals surface area contributed by atoms with Crippen LogP contribution in [0.1, 0.15) is 116 Å². The summed E-state index contributed by atoms with van der Waals surface area (Å²) < 4.78 is 48.5. The average molecular weight is 1090 g/mol. The van der Waals surface area contributed by atoms with Crippen LogP contribution in [0, 0.1) is 11.6 Å². The predicted molar refractivity (Wildman–Crippen MR) is 333 cm³/mol. The zero-order chi connectivity index (χ0) is 55.6. The van der Waals surface area contributed by atoms with Crippen LogP contribution in [0.15, 0.2) is 158 Å². The highest BCUT2D eigenvalue weighted by atomic mass is 28.3. The van der Waals surface area contributed by atoms with Gasteiger partial charge in [-0.15, -0.1) is 0 Å². The minimum atomic E-state index is -2.11. The normalized spacial score (nSPS) is 11.9. The maximum atomic E-state index is 15.6. The number of phenols is 2. The fourth-order valence-corrected chi connectivity index (χ4v) is 14.5. The summed E-state index contributed by atoms with van der Waals surface area (Å²) in [6.45, 7) is 9.92. The Morgan fingerprint density at radius 3 is 1.27 bits per heavy atom. The molecule has 10 rings (SSSR count). The van der Waals surface area contributed by atoms with Gasteiger partial charge in [-0.2, -0.15) is 0 Å². The molecule has 0 saturated carbocycles. The number of hydrogen-bond donors (Lipinski definition) is 2. The largest absolute Gasteiger partial charge is 0.505 e. The zero-order valence-electron chi connectivity index (χ0n) is 47.3. The van der Waals surface area contributed by atoms with Gasteiger partial charge in [0.2, 0.25) is 0 Å². The van der Waals surface area contributed by atoms with Gasteiger partial charge in [-0.3, -0.25) is 0 Å². The molecule has 10 aromatic rings. The van der Waals surface area contributed by atoms with Gasteiger partial charge < -0.3 is 28.8 Å². The SMILES string of the molecule is CCCCCCCCCc1cc(-c2cc(F)ccc2OCCCCOc2ccc(F)cc2-c2cc([Si](C)(C)CCCCCCCC)cc(-n3c4ccccc4c4ccccc43)c2O)c(O)c(-n2c3ccccc3c3ccccc32)c1. The summed E-state index contributed by atoms with van der Waals surface area (Å²) in [6.07, 6.45) is 17.6. The lowest BCUT2D eigenvalue weighted by molar-refractivity contribution is 0.267. The van der Waals surface area contributed by atoms with E-state index in [1.807, 2.05) is 54.6 Å². The fourth-order valence-electron chi connectivity index (χ4n) is 12.0. The number of para-hydroxylation sites is 4. The summed E-state index contributed by atoms with van der Waals surface area (Å²) >= 11 is 0. The number of aromatic hydroxyl groups is 2. The Hall–Kier alpha value is -7.36. The first kappa shape index (κ1) is 55.9. The van der Waals surface area contributed by atoms with Gasteiger partial charge in [-0.05, 0) is 110 Å². The second-order valence-corrected chi connectivity index (χ2v) is 27.4. The van der Waals surface area contributed by atoms with Crippen molar-refractivity contribution in [3.8, 4) is 56.6 Å². The minimum Gasteiger partial charge on any atom is -0.505 e. The average Bonchev–Trinajstić information content (AvgIpc) is 3.87. The highest BCUT2D eigenvalue weighted by molar-refractivity contribution is 6.89. The number of hydrogen-bond acceptors (Lipinski definition) is 4. The molecule has 9 heteroatoms. The van der Waals surface area contributed by atoms with Crippen LogP contribution in [0.5, 0.6) is 23.0 Å². The topological polar surface area (TPSA) is 68.8 Å². The van der Waals surface area contributed by atoms with Gasteiger partial charge in [0.25, 0.3) is 0 Å². The van der Waals surface area contributed by atoms with E-state index in [0.717, 1.165) is 80.9 Å². The highest BCUT2D eigenvalue weighted by Crippen LogP contribution is 2.45. The summed E-state index contributed by atoms with van der Waals surface area (Å²) in [7, 11) is -2.11. The van der Waals surface area contributed by atoms with Crippen LogP contribution < -0.4 is 14.7 Å². The smallest absolute Gasteiger partial charge is 0.147 e. The molecule has 414 valence electrons. The van der Waals surface area contributed by atoms with Crippen LogP contribution >= 0.6 is 0 Å². The van der Waals surface area contributed by atoms with Gasteiger partial charge >= 0.3 is 0 Å². The van der Waals surface area contributed by atoms with Crippen molar-refractivity contribution in [2.24, 2.45) is 0 Å². The molecule has 0 aliphatic carbocycles. The van der Waals surface area contributed by atoms with Crippen molar-refractivity contribution in [2.45, 2.75) is 136 Å². The van der Waals surface area contributed by atoms with Gasteiger partial charge in [0.15, 0.2) is 0 Å². The first-order valence-electron chi connectivity index (χ1n) is 29.6. The summed E-state index contributed by atoms with van der Waals surface area (Å²) in [5.41, 5.74) is 8.36. The van der Waals surface area contributed by atoms with E-state index in [1.165, 1.54) is 93.7 Å². The van der Waals surface area contributed by atoms with Crippen molar-refractivity contribution in [1.29, 1.82) is 0 Å². The number of phenolic OH excluding ortho intramolecular Hbond substituents is 2. The Morgan fingerprint density at radius 1 is 0.412 bits per heavy atom. The number of aryl methyl sites for hydroxylation is 1. The summed E-state index contributed by atoms with van der Waals surface area (Å²) in [5.74, 6) is 0.242. The lowest BCUT2D eigenvalue weighted by Crippen LogP contribution is -2.41. The van der Waals surface area contributed by atoms with Crippen molar-refractivity contribution < 1.29 is 28.5 Å². The van der Waals surface area contributed by atoms with Gasteiger partial charge in [0, 0.05) is 43.8 Å². The van der Waals surface area contributed by atoms with Crippen molar-refractivity contribution in [2.75, 3.05) is 13.2 Å². The number of halogens is 2. The highest BCUT2D eigenvalue weighted by Gasteiger charge is 2.29. The van der Waals surface area contributed by atoms with Crippen LogP contribution in [0.25, 0.3) is 77.2 Å². The molecule has 0 bridgehead atoms. The number of rotatable bonds is 27. The summed E-state index contributed by atoms with van der Waals surface area (Å²) in [5, 5.41) is 30.7. The third kappa shape index (κ3) is 12.2. The van der Waals surface area contributed by atoms with Gasteiger partial charge in [-0.25, -0.2) is 8.78 Å². The number of unbranched alkanes of at least 4 members (excludes halogenated alkanes) is 12. The van der Waals surface area contributed by atoms with Gasteiger partial charge in [0.05, 0.1) is 54.7 Å². The van der Waals surface area contributed by atoms with E-state index in [0.29, 0.717) is 71.2 Å². The number of aromatic nitrogens is 2. The molecule has 8 aromatic carbocycles. The molecule has 0 unspecified atom stereocenters. The first-order chi connectivity index (χ1) is 39.1. The molecule has 0 saturated heterocycles. The molecular formula is C71H78F2N2O4Si. The molecule has 0 fully saturated rings. The molecule has 0 spiro atoms. The molecule has 2 N–H and O–H groups in total. The van der Waals surface area contributed by atoms with Crippen molar-refractivity contribution in [3.05, 3.63) is 175 Å². The van der Waals surface area contributed by atoms with Crippen LogP contribution in [0.3, 0.4) is 0 Å². The number of ether oxygens (including phenoxy) is 2. The van der Waals surface area contributed by atoms with E-state index < -0.39 is 19.7 Å². The first-order valence-corrected chi connectivity index (χ1v) is 32.8. The molecular weight excluding hydrogens is 1010 g/mol. The van der Waals surface area contributed by atoms with E-state index >= 15 is 8.78 Å². The van der Waals surface area contributed by atoms with Crippen molar-refractivity contribution in [1.82, 2.24) is 9.13 Å². The second kappa shape index (κ2) is 25.8. The number of fused-ring (bicyclic) bond motifs is 6. The minimum absolute atomic E-state index is 0.0567. The molecule has 0 atom stereocenters. The maximum absolute atomic E-state index is 15.6. The molecule has 0 radical (unpaired) electrons. The third-order valence-electron chi connectivity index (χ3n) is 16.4. The Balaban J connectivity index is 0.909. The Bertz CT molecular complexity index is 3640. The Morgan fingerprint density at radius 2 is 0.812 bits per heavy atom. The summed E-state index contributed by atoms with van der Waals surface area (Å²) in [4.78, 5) is 0. The standard InChI is InChI=1S/C71H78F2N2O4Si/c1-5-7-9-11-13-14-16-28-50-44-60(70(76)66(45-50)74-62-33-21-17-29-54(62)55-30-18-22-34-63(55)74)58-46-51(72)37-39-68(58)78-41-25-26-42-79-69-40-38-52(73)47-59(69)61-48-53(80(3,4)43-27-15-12-10-8-6-2)49-67(71(61)77)75-64-35-23-19-31-56(64)57-32-20-24-36-65(57)75/h17-24,29-40,44-49,76-77H,5-16,25-28,41-43H2,1-4H3. The molecule has 0 aliphatic heterocycles. The van der Waals surface area contributed by atoms with E-state index in [1.54, 1.807) is 12.1 Å². The van der Waals surface area contributed by atoms with Crippen LogP contribution in [-0.2, 0) is 6.42 Å². The van der Waals surface area contributed by atoms with E-state index in [9.17, 15) is 10.2 Å². The zero-order valence-corrected chi connectivity index (χ0v) is 48.3. The monoisotopic (exact) mass is 1090 g/mol. The van der Waals surface area contributed by atoms with Crippen LogP contribution in [-0.4, -0.2) is 40.6 Å². The summed E-state index contributed by atoms with van der Waals surface area (Å²) in [6, 6.07) is 51.7. The Labute approximate surface area is 472 Å². The lowest BCUT2D eigenvalue weighted by Gasteiger charge is -2.26. The van der Waals surface area contributed by atoms with Gasteiger partial charge in [0.1, 0.15) is 34.6 Å². The van der Waals surface area contributed by atoms with E-state index in [-0.39, 0.29) is 11.5 Å². The molecule has 2 aromatic heterocycles. The Kier molecular flexibility index (Phi) is 18.1. The van der Waals surface area contributed by atoms with Crippen LogP contribution in [0.4, 0.5) is 8.78 Å². The molecule has 6 nitrogen and oxygen atoms in total. The number of nitrogens with zero attached hydrogens (tertiary/aromatic N) is 2. The lowest BCUT2D eigenvalue weighted by atomic mass is 9.96. The molecule has 0 aliphatic rings. The van der Waals surface area contributed by atoms with E-state index in [4.69, 9.17) is 9.47 Å². The molecule has 0 amide bonds. The number of benzene rings is 8. The van der Waals surface area contributed by atoms with Gasteiger partial charge in [-0.1, -0.05) is 194 Å². The molecule has 80 heavy (non-hydrogen) atoms. The third-order valence-corrected chi connectivity index (χ3v) is 19.9. The maximum Gasteiger partial charge on any atom is 0.147 e. The van der Waals surface area contributed by atoms with Crippen molar-refractivity contribution in [3.63, 3.8) is 0 Å².